The number of non-ortho nitro benzene ring substituents is 1. The van der Waals surface area contributed by atoms with E-state index in [2.05, 4.69) is 5.32 Å². The topological polar surface area (TPSA) is 163 Å². The van der Waals surface area contributed by atoms with Gasteiger partial charge in [-0.25, -0.2) is 13.2 Å². The largest absolute Gasteiger partial charge is 0.504 e. The van der Waals surface area contributed by atoms with Crippen LogP contribution in [0.25, 0.3) is 11.1 Å². The number of thiophene rings is 1. The number of nitrogens with one attached hydrogen (secondary N) is 1. The number of rotatable bonds is 7. The van der Waals surface area contributed by atoms with Crippen LogP contribution in [0.1, 0.15) is 0 Å². The number of hydrogen-bond acceptors (Lipinski definition) is 9. The number of amides is 2. The SMILES string of the molecule is O=C(Nc1ccc([N+](=O)[O-])cc1)N1CCN(S(=O)(=O)c2sccc2-c2ccccc2Oc2ccc(O)c(O)c2)CC1. The number of nitro benzene ring substituents is 1. The molecule has 212 valence electrons. The zero-order chi connectivity index (χ0) is 29.1. The first-order valence-electron chi connectivity index (χ1n) is 12.3. The highest BCUT2D eigenvalue weighted by Crippen LogP contribution is 2.41. The van der Waals surface area contributed by atoms with Crippen LogP contribution < -0.4 is 10.1 Å². The van der Waals surface area contributed by atoms with E-state index < -0.39 is 21.0 Å². The molecule has 0 unspecified atom stereocenters. The molecule has 0 atom stereocenters. The van der Waals surface area contributed by atoms with Crippen molar-refractivity contribution >= 4 is 38.8 Å². The Kier molecular flexibility index (Phi) is 7.79. The monoisotopic (exact) mass is 596 g/mol. The molecule has 5 rings (SSSR count). The van der Waals surface area contributed by atoms with Gasteiger partial charge in [0.25, 0.3) is 15.7 Å². The third-order valence-electron chi connectivity index (χ3n) is 6.41. The molecular formula is C27H24N4O8S2. The number of anilines is 1. The van der Waals surface area contributed by atoms with Crippen molar-refractivity contribution in [1.29, 1.82) is 0 Å². The maximum atomic E-state index is 13.7. The molecule has 1 aromatic heterocycles. The van der Waals surface area contributed by atoms with E-state index in [-0.39, 0.29) is 53.3 Å². The quantitative estimate of drug-likeness (QED) is 0.151. The molecule has 2 heterocycles. The maximum Gasteiger partial charge on any atom is 0.321 e. The maximum absolute atomic E-state index is 13.7. The Morgan fingerprint density at radius 1 is 0.927 bits per heavy atom. The van der Waals surface area contributed by atoms with Gasteiger partial charge in [-0.15, -0.1) is 11.3 Å². The third-order valence-corrected chi connectivity index (χ3v) is 9.77. The fourth-order valence-corrected chi connectivity index (χ4v) is 7.22. The molecule has 41 heavy (non-hydrogen) atoms. The molecule has 0 aliphatic carbocycles. The molecule has 1 fully saturated rings. The van der Waals surface area contributed by atoms with E-state index in [1.54, 1.807) is 35.7 Å². The third kappa shape index (κ3) is 5.94. The molecule has 12 nitrogen and oxygen atoms in total. The van der Waals surface area contributed by atoms with Crippen molar-refractivity contribution in [2.45, 2.75) is 4.21 Å². The van der Waals surface area contributed by atoms with E-state index in [1.807, 2.05) is 0 Å². The molecular weight excluding hydrogens is 572 g/mol. The predicted octanol–water partition coefficient (Wildman–Crippen LogP) is 5.07. The molecule has 4 aromatic rings. The van der Waals surface area contributed by atoms with Crippen LogP contribution in [0.15, 0.2) is 82.4 Å². The van der Waals surface area contributed by atoms with Crippen molar-refractivity contribution < 1.29 is 33.1 Å². The smallest absolute Gasteiger partial charge is 0.321 e. The van der Waals surface area contributed by atoms with Gasteiger partial charge in [0.15, 0.2) is 11.5 Å². The minimum absolute atomic E-state index is 0.0816. The van der Waals surface area contributed by atoms with Gasteiger partial charge in [-0.05, 0) is 41.8 Å². The minimum Gasteiger partial charge on any atom is -0.504 e. The number of piperazine rings is 1. The van der Waals surface area contributed by atoms with Gasteiger partial charge < -0.3 is 25.2 Å². The van der Waals surface area contributed by atoms with Crippen molar-refractivity contribution in [2.75, 3.05) is 31.5 Å². The molecule has 0 bridgehead atoms. The molecule has 2 amide bonds. The summed E-state index contributed by atoms with van der Waals surface area (Å²) in [6.07, 6.45) is 0. The second-order valence-electron chi connectivity index (χ2n) is 9.00. The van der Waals surface area contributed by atoms with Crippen LogP contribution in [0.3, 0.4) is 0 Å². The molecule has 3 N–H and O–H groups in total. The first kappa shape index (κ1) is 27.9. The number of aromatic hydroxyl groups is 2. The lowest BCUT2D eigenvalue weighted by Gasteiger charge is -2.33. The van der Waals surface area contributed by atoms with Crippen molar-refractivity contribution in [3.63, 3.8) is 0 Å². The van der Waals surface area contributed by atoms with Crippen molar-refractivity contribution in [3.8, 4) is 34.1 Å². The molecule has 0 radical (unpaired) electrons. The van der Waals surface area contributed by atoms with E-state index >= 15 is 0 Å². The predicted molar refractivity (Wildman–Crippen MR) is 152 cm³/mol. The van der Waals surface area contributed by atoms with Gasteiger partial charge >= 0.3 is 6.03 Å². The van der Waals surface area contributed by atoms with Crippen molar-refractivity contribution in [1.82, 2.24) is 9.21 Å². The zero-order valence-corrected chi connectivity index (χ0v) is 23.0. The van der Waals surface area contributed by atoms with Crippen LogP contribution in [0.5, 0.6) is 23.0 Å². The lowest BCUT2D eigenvalue weighted by atomic mass is 10.1. The lowest BCUT2D eigenvalue weighted by molar-refractivity contribution is -0.384. The fraction of sp³-hybridized carbons (Fsp3) is 0.148. The summed E-state index contributed by atoms with van der Waals surface area (Å²) in [5.74, 6) is -0.0178. The number of carbonyl (C=O) groups is 1. The number of nitrogens with zero attached hydrogens (tertiary/aromatic N) is 3. The number of phenolic OH excluding ortho intramolecular Hbond substituents is 2. The second-order valence-corrected chi connectivity index (χ2v) is 12.0. The van der Waals surface area contributed by atoms with E-state index in [4.69, 9.17) is 4.74 Å². The number of urea groups is 1. The van der Waals surface area contributed by atoms with Gasteiger partial charge in [0.1, 0.15) is 15.7 Å². The van der Waals surface area contributed by atoms with Gasteiger partial charge in [-0.3, -0.25) is 10.1 Å². The Morgan fingerprint density at radius 3 is 2.32 bits per heavy atom. The molecule has 14 heteroatoms. The van der Waals surface area contributed by atoms with Crippen LogP contribution >= 0.6 is 11.3 Å². The number of hydrogen-bond donors (Lipinski definition) is 3. The summed E-state index contributed by atoms with van der Waals surface area (Å²) in [5, 5.41) is 34.6. The molecule has 0 saturated carbocycles. The summed E-state index contributed by atoms with van der Waals surface area (Å²) < 4.78 is 34.8. The molecule has 0 spiro atoms. The van der Waals surface area contributed by atoms with Crippen LogP contribution in [0.4, 0.5) is 16.2 Å². The summed E-state index contributed by atoms with van der Waals surface area (Å²) in [5.41, 5.74) is 1.28. The van der Waals surface area contributed by atoms with E-state index in [9.17, 15) is 33.5 Å². The van der Waals surface area contributed by atoms with Crippen LogP contribution in [-0.4, -0.2) is 65.0 Å². The Morgan fingerprint density at radius 2 is 1.63 bits per heavy atom. The highest BCUT2D eigenvalue weighted by atomic mass is 32.2. The standard InChI is InChI=1S/C27H24N4O8S2/c32-23-10-9-20(17-24(23)33)39-25-4-2-1-3-21(25)22-11-16-40-26(22)41(37,38)30-14-12-29(13-15-30)27(34)28-18-5-7-19(8-6-18)31(35)36/h1-11,16-17,32-33H,12-15H2,(H,28,34). The number of nitro groups is 1. The number of ether oxygens (including phenoxy) is 1. The highest BCUT2D eigenvalue weighted by molar-refractivity contribution is 7.91. The van der Waals surface area contributed by atoms with E-state index in [0.29, 0.717) is 22.6 Å². The van der Waals surface area contributed by atoms with Crippen molar-refractivity contribution in [2.24, 2.45) is 0 Å². The van der Waals surface area contributed by atoms with Gasteiger partial charge in [-0.2, -0.15) is 4.31 Å². The minimum atomic E-state index is -3.92. The summed E-state index contributed by atoms with van der Waals surface area (Å²) in [4.78, 5) is 24.5. The Balaban J connectivity index is 1.29. The Labute approximate surface area is 238 Å². The average Bonchev–Trinajstić information content (AvgIpc) is 3.47. The molecule has 1 saturated heterocycles. The molecule has 1 aliphatic rings. The average molecular weight is 597 g/mol. The molecule has 1 aliphatic heterocycles. The van der Waals surface area contributed by atoms with Gasteiger partial charge in [0.2, 0.25) is 0 Å². The Bertz CT molecular complexity index is 1700. The first-order chi connectivity index (χ1) is 19.6. The van der Waals surface area contributed by atoms with Crippen LogP contribution in [0, 0.1) is 10.1 Å². The second kappa shape index (κ2) is 11.4. The van der Waals surface area contributed by atoms with Gasteiger partial charge in [0.05, 0.1) is 4.92 Å². The zero-order valence-electron chi connectivity index (χ0n) is 21.3. The fourth-order valence-electron chi connectivity index (χ4n) is 4.28. The number of sulfonamides is 1. The number of benzene rings is 3. The normalized spacial score (nSPS) is 14.0. The number of carbonyl (C=O) groups excluding carboxylic acids is 1. The van der Waals surface area contributed by atoms with Gasteiger partial charge in [-0.1, -0.05) is 18.2 Å². The number of para-hydroxylation sites is 1. The number of phenols is 2. The first-order valence-corrected chi connectivity index (χ1v) is 14.6. The summed E-state index contributed by atoms with van der Waals surface area (Å²) in [6, 6.07) is 17.6. The summed E-state index contributed by atoms with van der Waals surface area (Å²) >= 11 is 1.08. The lowest BCUT2D eigenvalue weighted by Crippen LogP contribution is -2.51. The van der Waals surface area contributed by atoms with Gasteiger partial charge in [0, 0.05) is 61.2 Å². The van der Waals surface area contributed by atoms with Crippen molar-refractivity contribution in [3.05, 3.63) is 88.3 Å². The van der Waals surface area contributed by atoms with Crippen LogP contribution in [0.2, 0.25) is 0 Å². The summed E-state index contributed by atoms with van der Waals surface area (Å²) in [7, 11) is -3.92. The highest BCUT2D eigenvalue weighted by Gasteiger charge is 2.33. The van der Waals surface area contributed by atoms with E-state index in [1.165, 1.54) is 51.7 Å². The summed E-state index contributed by atoms with van der Waals surface area (Å²) in [6.45, 7) is 0.474. The van der Waals surface area contributed by atoms with E-state index in [0.717, 1.165) is 11.3 Å². The molecule has 3 aromatic carbocycles. The Hall–Kier alpha value is -4.66. The van der Waals surface area contributed by atoms with Crippen LogP contribution in [-0.2, 0) is 10.0 Å².